The third kappa shape index (κ3) is 5.47. The van der Waals surface area contributed by atoms with Crippen LogP contribution in [0.25, 0.3) is 6.08 Å². The Morgan fingerprint density at radius 3 is 2.70 bits per heavy atom. The van der Waals surface area contributed by atoms with Crippen molar-refractivity contribution in [2.45, 2.75) is 39.2 Å². The van der Waals surface area contributed by atoms with Crippen LogP contribution in [0.15, 0.2) is 72.1 Å². The summed E-state index contributed by atoms with van der Waals surface area (Å²) in [6, 6.07) is 4.33. The number of carbonyl (C=O) groups excluding carboxylic acids is 1. The summed E-state index contributed by atoms with van der Waals surface area (Å²) in [7, 11) is 0. The maximum Gasteiger partial charge on any atom is 0.345 e. The minimum atomic E-state index is -0.747. The van der Waals surface area contributed by atoms with Crippen LogP contribution in [0, 0.1) is 10.1 Å². The van der Waals surface area contributed by atoms with E-state index >= 15 is 0 Å². The van der Waals surface area contributed by atoms with Crippen molar-refractivity contribution in [2.75, 3.05) is 0 Å². The lowest BCUT2D eigenvalue weighted by atomic mass is 10.0. The van der Waals surface area contributed by atoms with Crippen LogP contribution >= 0.6 is 0 Å². The monoisotopic (exact) mass is 409 g/mol. The van der Waals surface area contributed by atoms with Crippen LogP contribution in [-0.4, -0.2) is 16.5 Å². The van der Waals surface area contributed by atoms with Gasteiger partial charge in [-0.25, -0.2) is 4.79 Å². The Kier molecular flexibility index (Phi) is 6.20. The fourth-order valence-electron chi connectivity index (χ4n) is 2.85. The molecule has 0 radical (unpaired) electrons. The number of hydrogen-bond acceptors (Lipinski definition) is 6. The first-order valence-electron chi connectivity index (χ1n) is 9.52. The van der Waals surface area contributed by atoms with Gasteiger partial charge in [-0.2, -0.15) is 0 Å². The first-order valence-corrected chi connectivity index (χ1v) is 9.52. The van der Waals surface area contributed by atoms with Gasteiger partial charge in [0, 0.05) is 6.07 Å². The molecule has 1 aliphatic carbocycles. The number of nitrogens with zero attached hydrogens (tertiary/aromatic N) is 1. The molecule has 156 valence electrons. The maximum absolute atomic E-state index is 12.3. The van der Waals surface area contributed by atoms with Crippen molar-refractivity contribution >= 4 is 17.7 Å². The zero-order valence-corrected chi connectivity index (χ0v) is 17.1. The van der Waals surface area contributed by atoms with Gasteiger partial charge in [0.2, 0.25) is 0 Å². The largest absolute Gasteiger partial charge is 0.465 e. The van der Waals surface area contributed by atoms with Gasteiger partial charge in [0.05, 0.1) is 4.92 Å². The minimum absolute atomic E-state index is 0.0916. The molecule has 2 aliphatic rings. The SMILES string of the molecule is CC(C)(C)OC(=O)c1ccc(C=CC2=COC=C(C3=CC=CCC3)O2)cc1[N+](=O)[O-]. The van der Waals surface area contributed by atoms with Crippen molar-refractivity contribution in [1.29, 1.82) is 0 Å². The van der Waals surface area contributed by atoms with E-state index in [1.807, 2.05) is 12.2 Å². The number of nitro groups is 1. The topological polar surface area (TPSA) is 87.9 Å². The molecule has 1 aromatic carbocycles. The van der Waals surface area contributed by atoms with Gasteiger partial charge in [0.15, 0.2) is 11.5 Å². The highest BCUT2D eigenvalue weighted by atomic mass is 16.6. The summed E-state index contributed by atoms with van der Waals surface area (Å²) >= 11 is 0. The van der Waals surface area contributed by atoms with Crippen molar-refractivity contribution in [3.63, 3.8) is 0 Å². The van der Waals surface area contributed by atoms with E-state index in [-0.39, 0.29) is 11.3 Å². The summed E-state index contributed by atoms with van der Waals surface area (Å²) in [5.41, 5.74) is 0.415. The lowest BCUT2D eigenvalue weighted by Gasteiger charge is -2.19. The first kappa shape index (κ1) is 21.1. The zero-order valence-electron chi connectivity index (χ0n) is 17.1. The number of hydrogen-bond donors (Lipinski definition) is 0. The molecule has 0 amide bonds. The molecule has 0 saturated carbocycles. The minimum Gasteiger partial charge on any atom is -0.465 e. The number of esters is 1. The third-order valence-electron chi connectivity index (χ3n) is 4.19. The summed E-state index contributed by atoms with van der Waals surface area (Å²) in [5, 5.41) is 11.5. The summed E-state index contributed by atoms with van der Waals surface area (Å²) in [5.74, 6) is 0.357. The van der Waals surface area contributed by atoms with Crippen LogP contribution in [0.4, 0.5) is 5.69 Å². The van der Waals surface area contributed by atoms with Gasteiger partial charge in [0.25, 0.3) is 5.69 Å². The van der Waals surface area contributed by atoms with Crippen LogP contribution in [0.5, 0.6) is 0 Å². The van der Waals surface area contributed by atoms with E-state index in [0.717, 1.165) is 18.4 Å². The Morgan fingerprint density at radius 2 is 2.03 bits per heavy atom. The second-order valence-electron chi connectivity index (χ2n) is 7.77. The number of benzene rings is 1. The predicted octanol–water partition coefficient (Wildman–Crippen LogP) is 5.57. The molecule has 0 aromatic heterocycles. The van der Waals surface area contributed by atoms with E-state index in [2.05, 4.69) is 6.08 Å². The molecule has 0 unspecified atom stereocenters. The fraction of sp³-hybridized carbons (Fsp3) is 0.261. The molecule has 3 rings (SSSR count). The van der Waals surface area contributed by atoms with Gasteiger partial charge in [0.1, 0.15) is 23.7 Å². The summed E-state index contributed by atoms with van der Waals surface area (Å²) < 4.78 is 16.5. The molecule has 0 fully saturated rings. The Balaban J connectivity index is 1.76. The molecule has 0 bridgehead atoms. The van der Waals surface area contributed by atoms with Crippen LogP contribution in [0.3, 0.4) is 0 Å². The van der Waals surface area contributed by atoms with Crippen LogP contribution in [0.2, 0.25) is 0 Å². The van der Waals surface area contributed by atoms with Gasteiger partial charge in [-0.15, -0.1) is 0 Å². The number of nitro benzene ring substituents is 1. The Hall–Kier alpha value is -3.61. The Labute approximate surface area is 174 Å². The average molecular weight is 409 g/mol. The van der Waals surface area contributed by atoms with E-state index in [0.29, 0.717) is 17.1 Å². The number of carbonyl (C=O) groups is 1. The third-order valence-corrected chi connectivity index (χ3v) is 4.19. The highest BCUT2D eigenvalue weighted by molar-refractivity contribution is 5.94. The summed E-state index contributed by atoms with van der Waals surface area (Å²) in [6.07, 6.45) is 14.1. The van der Waals surface area contributed by atoms with Crippen LogP contribution < -0.4 is 0 Å². The molecule has 0 atom stereocenters. The molecule has 1 aliphatic heterocycles. The molecule has 7 nitrogen and oxygen atoms in total. The van der Waals surface area contributed by atoms with Crippen molar-refractivity contribution in [3.05, 3.63) is 93.4 Å². The highest BCUT2D eigenvalue weighted by Gasteiger charge is 2.25. The average Bonchev–Trinajstić information content (AvgIpc) is 2.71. The number of ether oxygens (including phenoxy) is 3. The molecule has 0 saturated heterocycles. The Morgan fingerprint density at radius 1 is 1.23 bits per heavy atom. The molecular formula is C23H23NO6. The van der Waals surface area contributed by atoms with E-state index < -0.39 is 16.5 Å². The second kappa shape index (κ2) is 8.82. The van der Waals surface area contributed by atoms with E-state index in [9.17, 15) is 14.9 Å². The summed E-state index contributed by atoms with van der Waals surface area (Å²) in [6.45, 7) is 5.11. The normalized spacial score (nSPS) is 16.2. The lowest BCUT2D eigenvalue weighted by molar-refractivity contribution is -0.385. The van der Waals surface area contributed by atoms with Gasteiger partial charge in [-0.05, 0) is 56.9 Å². The van der Waals surface area contributed by atoms with Gasteiger partial charge < -0.3 is 14.2 Å². The van der Waals surface area contributed by atoms with Gasteiger partial charge in [-0.1, -0.05) is 30.4 Å². The first-order chi connectivity index (χ1) is 14.2. The van der Waals surface area contributed by atoms with Crippen LogP contribution in [-0.2, 0) is 14.2 Å². The predicted molar refractivity (Wildman–Crippen MR) is 112 cm³/mol. The number of rotatable bonds is 5. The van der Waals surface area contributed by atoms with E-state index in [1.54, 1.807) is 45.3 Å². The quantitative estimate of drug-likeness (QED) is 0.359. The van der Waals surface area contributed by atoms with Crippen molar-refractivity contribution in [2.24, 2.45) is 0 Å². The molecule has 30 heavy (non-hydrogen) atoms. The fourth-order valence-corrected chi connectivity index (χ4v) is 2.85. The zero-order chi connectivity index (χ0) is 21.7. The second-order valence-corrected chi connectivity index (χ2v) is 7.77. The molecule has 1 aromatic rings. The smallest absolute Gasteiger partial charge is 0.345 e. The molecular weight excluding hydrogens is 386 g/mol. The standard InChI is InChI=1S/C23H23NO6/c1-23(2,3)30-22(25)19-12-10-16(13-20(19)24(26)27)9-11-18-14-28-15-21(29-18)17-7-5-4-6-8-17/h4-5,7,9-15H,6,8H2,1-3H3. The highest BCUT2D eigenvalue weighted by Crippen LogP contribution is 2.28. The van der Waals surface area contributed by atoms with E-state index in [1.165, 1.54) is 18.4 Å². The summed E-state index contributed by atoms with van der Waals surface area (Å²) in [4.78, 5) is 23.2. The van der Waals surface area contributed by atoms with Crippen molar-refractivity contribution in [1.82, 2.24) is 0 Å². The van der Waals surface area contributed by atoms with E-state index in [4.69, 9.17) is 14.2 Å². The van der Waals surface area contributed by atoms with Crippen molar-refractivity contribution < 1.29 is 23.9 Å². The maximum atomic E-state index is 12.3. The Bertz CT molecular complexity index is 1010. The molecule has 7 heteroatoms. The van der Waals surface area contributed by atoms with Crippen molar-refractivity contribution in [3.8, 4) is 0 Å². The molecule has 1 heterocycles. The van der Waals surface area contributed by atoms with Gasteiger partial charge >= 0.3 is 5.97 Å². The lowest BCUT2D eigenvalue weighted by Crippen LogP contribution is -2.24. The van der Waals surface area contributed by atoms with Gasteiger partial charge in [-0.3, -0.25) is 10.1 Å². The molecule has 0 spiro atoms. The molecule has 0 N–H and O–H groups in total. The van der Waals surface area contributed by atoms with Crippen LogP contribution in [0.1, 0.15) is 49.5 Å². The number of allylic oxidation sites excluding steroid dienone is 5.